The summed E-state index contributed by atoms with van der Waals surface area (Å²) in [6.45, 7) is 4.53. The molecule has 3 aromatic rings. The van der Waals surface area contributed by atoms with Crippen LogP contribution in [0.5, 0.6) is 0 Å². The van der Waals surface area contributed by atoms with Gasteiger partial charge < -0.3 is 15.0 Å². The zero-order valence-electron chi connectivity index (χ0n) is 13.6. The Labute approximate surface area is 139 Å². The maximum absolute atomic E-state index is 6.04. The van der Waals surface area contributed by atoms with Crippen molar-refractivity contribution in [3.05, 3.63) is 59.1 Å². The number of nitrogens with zero attached hydrogens (tertiary/aromatic N) is 3. The summed E-state index contributed by atoms with van der Waals surface area (Å²) >= 11 is 0. The second-order valence-corrected chi connectivity index (χ2v) is 6.14. The highest BCUT2D eigenvalue weighted by atomic mass is 16.5. The van der Waals surface area contributed by atoms with Gasteiger partial charge in [-0.25, -0.2) is 4.98 Å². The number of nitrogens with two attached hydrogens (primary N) is 1. The molecule has 3 heterocycles. The molecule has 2 aromatic heterocycles. The normalized spacial score (nSPS) is 19.9. The van der Waals surface area contributed by atoms with Crippen LogP contribution in [0.25, 0.3) is 11.4 Å². The van der Waals surface area contributed by atoms with Gasteiger partial charge in [0.2, 0.25) is 5.82 Å². The lowest BCUT2D eigenvalue weighted by molar-refractivity contribution is -0.0357. The summed E-state index contributed by atoms with van der Waals surface area (Å²) in [5, 5.41) is 4.12. The number of rotatable bonds is 2. The van der Waals surface area contributed by atoms with Gasteiger partial charge in [-0.15, -0.1) is 0 Å². The molecule has 1 aliphatic heterocycles. The Morgan fingerprint density at radius 2 is 2.08 bits per heavy atom. The summed E-state index contributed by atoms with van der Waals surface area (Å²) in [7, 11) is 0. The highest BCUT2D eigenvalue weighted by molar-refractivity contribution is 5.60. The van der Waals surface area contributed by atoms with Crippen molar-refractivity contribution in [2.45, 2.75) is 25.9 Å². The van der Waals surface area contributed by atoms with E-state index in [1.165, 1.54) is 5.56 Å². The summed E-state index contributed by atoms with van der Waals surface area (Å²) < 4.78 is 11.6. The van der Waals surface area contributed by atoms with E-state index in [1.807, 2.05) is 32.0 Å². The van der Waals surface area contributed by atoms with Crippen LogP contribution in [0.3, 0.4) is 0 Å². The first-order valence-corrected chi connectivity index (χ1v) is 7.87. The third kappa shape index (κ3) is 2.27. The molecule has 0 radical (unpaired) electrons. The molecule has 4 rings (SSSR count). The second-order valence-electron chi connectivity index (χ2n) is 6.14. The van der Waals surface area contributed by atoms with E-state index in [9.17, 15) is 0 Å². The second kappa shape index (κ2) is 5.42. The van der Waals surface area contributed by atoms with Crippen LogP contribution in [-0.2, 0) is 16.8 Å². The largest absolute Gasteiger partial charge is 0.384 e. The number of aromatic nitrogens is 3. The molecule has 0 spiro atoms. The van der Waals surface area contributed by atoms with Crippen LogP contribution < -0.4 is 5.73 Å². The van der Waals surface area contributed by atoms with Gasteiger partial charge in [0.05, 0.1) is 6.61 Å². The van der Waals surface area contributed by atoms with Gasteiger partial charge in [0.1, 0.15) is 5.82 Å². The Morgan fingerprint density at radius 3 is 2.92 bits per heavy atom. The highest BCUT2D eigenvalue weighted by Crippen LogP contribution is 2.38. The molecule has 2 N–H and O–H groups in total. The third-order valence-electron chi connectivity index (χ3n) is 4.50. The summed E-state index contributed by atoms with van der Waals surface area (Å²) in [4.78, 5) is 8.70. The standard InChI is InChI=1S/C18H18N4O2/c1-11-9-15(19)20-10-13(11)16-21-17(24-22-16)18(2)14-6-4-3-5-12(14)7-8-23-18/h3-6,9-10H,7-8H2,1-2H3,(H2,19,20). The van der Waals surface area contributed by atoms with Crippen molar-refractivity contribution >= 4 is 5.82 Å². The van der Waals surface area contributed by atoms with Crippen molar-refractivity contribution in [2.75, 3.05) is 12.3 Å². The minimum Gasteiger partial charge on any atom is -0.384 e. The maximum atomic E-state index is 6.04. The predicted octanol–water partition coefficient (Wildman–Crippen LogP) is 2.86. The minimum absolute atomic E-state index is 0.445. The van der Waals surface area contributed by atoms with Crippen LogP contribution in [-0.4, -0.2) is 21.7 Å². The van der Waals surface area contributed by atoms with Gasteiger partial charge in [0.15, 0.2) is 5.60 Å². The molecule has 6 heteroatoms. The fourth-order valence-electron chi connectivity index (χ4n) is 3.16. The van der Waals surface area contributed by atoms with Gasteiger partial charge in [0, 0.05) is 11.8 Å². The minimum atomic E-state index is -0.741. The van der Waals surface area contributed by atoms with E-state index in [4.69, 9.17) is 15.0 Å². The Hall–Kier alpha value is -2.73. The Kier molecular flexibility index (Phi) is 3.35. The number of nitrogen functional groups attached to an aromatic ring is 1. The number of hydrogen-bond acceptors (Lipinski definition) is 6. The average Bonchev–Trinajstić information content (AvgIpc) is 3.06. The molecule has 1 aliphatic rings. The van der Waals surface area contributed by atoms with E-state index in [0.717, 1.165) is 23.1 Å². The van der Waals surface area contributed by atoms with E-state index in [0.29, 0.717) is 24.1 Å². The van der Waals surface area contributed by atoms with Crippen LogP contribution in [0.1, 0.15) is 29.5 Å². The van der Waals surface area contributed by atoms with E-state index < -0.39 is 5.60 Å². The number of ether oxygens (including phenoxy) is 1. The van der Waals surface area contributed by atoms with Crippen LogP contribution in [0.2, 0.25) is 0 Å². The first-order chi connectivity index (χ1) is 11.6. The lowest BCUT2D eigenvalue weighted by atomic mass is 9.87. The SMILES string of the molecule is Cc1cc(N)ncc1-c1noc(C2(C)OCCc3ccccc32)n1. The molecule has 1 aromatic carbocycles. The molecule has 0 amide bonds. The summed E-state index contributed by atoms with van der Waals surface area (Å²) in [5.41, 5.74) is 9.03. The molecule has 24 heavy (non-hydrogen) atoms. The monoisotopic (exact) mass is 322 g/mol. The van der Waals surface area contributed by atoms with Gasteiger partial charge in [0.25, 0.3) is 5.89 Å². The van der Waals surface area contributed by atoms with Crippen LogP contribution in [0.15, 0.2) is 41.1 Å². The van der Waals surface area contributed by atoms with Gasteiger partial charge in [-0.1, -0.05) is 29.4 Å². The van der Waals surface area contributed by atoms with Crippen molar-refractivity contribution in [1.29, 1.82) is 0 Å². The van der Waals surface area contributed by atoms with Gasteiger partial charge in [-0.3, -0.25) is 0 Å². The zero-order chi connectivity index (χ0) is 16.7. The maximum Gasteiger partial charge on any atom is 0.263 e. The van der Waals surface area contributed by atoms with Crippen LogP contribution in [0.4, 0.5) is 5.82 Å². The lowest BCUT2D eigenvalue weighted by Gasteiger charge is -2.32. The molecular weight excluding hydrogens is 304 g/mol. The van der Waals surface area contributed by atoms with Gasteiger partial charge in [-0.05, 0) is 43.0 Å². The molecule has 0 fully saturated rings. The number of fused-ring (bicyclic) bond motifs is 1. The molecule has 6 nitrogen and oxygen atoms in total. The number of hydrogen-bond donors (Lipinski definition) is 1. The van der Waals surface area contributed by atoms with Gasteiger partial charge in [-0.2, -0.15) is 4.98 Å². The summed E-state index contributed by atoms with van der Waals surface area (Å²) in [6.07, 6.45) is 2.55. The predicted molar refractivity (Wildman–Crippen MR) is 89.2 cm³/mol. The Bertz CT molecular complexity index is 906. The Balaban J connectivity index is 1.78. The average molecular weight is 322 g/mol. The van der Waals surface area contributed by atoms with Gasteiger partial charge >= 0.3 is 0 Å². The van der Waals surface area contributed by atoms with Crippen molar-refractivity contribution in [3.63, 3.8) is 0 Å². The van der Waals surface area contributed by atoms with E-state index in [2.05, 4.69) is 21.2 Å². The van der Waals surface area contributed by atoms with Crippen molar-refractivity contribution in [1.82, 2.24) is 15.1 Å². The number of aryl methyl sites for hydroxylation is 1. The highest BCUT2D eigenvalue weighted by Gasteiger charge is 2.40. The summed E-state index contributed by atoms with van der Waals surface area (Å²) in [6, 6.07) is 9.99. The van der Waals surface area contributed by atoms with Crippen molar-refractivity contribution < 1.29 is 9.26 Å². The number of pyridine rings is 1. The molecular formula is C18H18N4O2. The fourth-order valence-corrected chi connectivity index (χ4v) is 3.16. The molecule has 0 aliphatic carbocycles. The third-order valence-corrected chi connectivity index (χ3v) is 4.50. The summed E-state index contributed by atoms with van der Waals surface area (Å²) in [5.74, 6) is 1.40. The molecule has 0 bridgehead atoms. The fraction of sp³-hybridized carbons (Fsp3) is 0.278. The first kappa shape index (κ1) is 14.8. The molecule has 1 atom stereocenters. The molecule has 0 saturated carbocycles. The smallest absolute Gasteiger partial charge is 0.263 e. The molecule has 1 unspecified atom stereocenters. The first-order valence-electron chi connectivity index (χ1n) is 7.87. The quantitative estimate of drug-likeness (QED) is 0.780. The van der Waals surface area contributed by atoms with Crippen molar-refractivity contribution in [2.24, 2.45) is 0 Å². The van der Waals surface area contributed by atoms with Crippen molar-refractivity contribution in [3.8, 4) is 11.4 Å². The lowest BCUT2D eigenvalue weighted by Crippen LogP contribution is -2.34. The van der Waals surface area contributed by atoms with Crippen LogP contribution in [0, 0.1) is 6.92 Å². The zero-order valence-corrected chi connectivity index (χ0v) is 13.6. The molecule has 122 valence electrons. The van der Waals surface area contributed by atoms with E-state index in [1.54, 1.807) is 12.3 Å². The number of benzene rings is 1. The number of anilines is 1. The van der Waals surface area contributed by atoms with E-state index >= 15 is 0 Å². The topological polar surface area (TPSA) is 87.1 Å². The van der Waals surface area contributed by atoms with Crippen LogP contribution >= 0.6 is 0 Å². The Morgan fingerprint density at radius 1 is 1.25 bits per heavy atom. The molecule has 0 saturated heterocycles. The van der Waals surface area contributed by atoms with E-state index in [-0.39, 0.29) is 0 Å².